The lowest BCUT2D eigenvalue weighted by Gasteiger charge is -2.04. The van der Waals surface area contributed by atoms with Gasteiger partial charge in [0.25, 0.3) is 0 Å². The third kappa shape index (κ3) is 2.96. The molecule has 1 aromatic rings. The van der Waals surface area contributed by atoms with Crippen molar-refractivity contribution in [1.82, 2.24) is 0 Å². The van der Waals surface area contributed by atoms with Crippen molar-refractivity contribution in [3.05, 3.63) is 41.5 Å². The number of benzene rings is 1. The minimum atomic E-state index is -0.365. The molecule has 0 aliphatic carbocycles. The van der Waals surface area contributed by atoms with E-state index >= 15 is 0 Å². The second-order valence-corrected chi connectivity index (χ2v) is 2.77. The second kappa shape index (κ2) is 5.61. The molecule has 0 amide bonds. The summed E-state index contributed by atoms with van der Waals surface area (Å²) in [6.45, 7) is 2.10. The Morgan fingerprint density at radius 3 is 2.93 bits per heavy atom. The van der Waals surface area contributed by atoms with Crippen LogP contribution in [-0.4, -0.2) is 12.6 Å². The number of hydrogen-bond acceptors (Lipinski definition) is 3. The van der Waals surface area contributed by atoms with Gasteiger partial charge in [-0.1, -0.05) is 18.2 Å². The van der Waals surface area contributed by atoms with E-state index in [0.29, 0.717) is 17.7 Å². The molecule has 1 rings (SSSR count). The van der Waals surface area contributed by atoms with Gasteiger partial charge in [-0.3, -0.25) is 0 Å². The maximum absolute atomic E-state index is 11.5. The summed E-state index contributed by atoms with van der Waals surface area (Å²) in [4.78, 5) is 11.5. The predicted molar refractivity (Wildman–Crippen MR) is 57.0 cm³/mol. The lowest BCUT2D eigenvalue weighted by molar-refractivity contribution is 0.0526. The number of carbonyl (C=O) groups is 1. The Balaban J connectivity index is 3.02. The maximum Gasteiger partial charge on any atom is 0.338 e. The summed E-state index contributed by atoms with van der Waals surface area (Å²) in [7, 11) is 0. The number of nitriles is 1. The molecule has 3 heteroatoms. The van der Waals surface area contributed by atoms with E-state index in [4.69, 9.17) is 10.00 Å². The number of nitrogens with zero attached hydrogens (tertiary/aromatic N) is 1. The van der Waals surface area contributed by atoms with Gasteiger partial charge in [-0.05, 0) is 24.6 Å². The van der Waals surface area contributed by atoms with Crippen LogP contribution < -0.4 is 0 Å². The summed E-state index contributed by atoms with van der Waals surface area (Å²) in [5.41, 5.74) is 1.17. The standard InChI is InChI=1S/C12H11NO2/c1-2-15-12(14)11-8-4-3-6-10(11)7-5-9-13/h3-8H,2H2,1H3. The van der Waals surface area contributed by atoms with E-state index in [2.05, 4.69) is 0 Å². The van der Waals surface area contributed by atoms with Gasteiger partial charge in [0.15, 0.2) is 0 Å². The number of allylic oxidation sites excluding steroid dienone is 1. The topological polar surface area (TPSA) is 50.1 Å². The molecule has 0 heterocycles. The number of hydrogen-bond donors (Lipinski definition) is 0. The summed E-state index contributed by atoms with van der Waals surface area (Å²) in [5.74, 6) is -0.365. The summed E-state index contributed by atoms with van der Waals surface area (Å²) in [6, 6.07) is 8.89. The Morgan fingerprint density at radius 2 is 2.27 bits per heavy atom. The molecular formula is C12H11NO2. The van der Waals surface area contributed by atoms with Crippen LogP contribution in [0.25, 0.3) is 6.08 Å². The maximum atomic E-state index is 11.5. The van der Waals surface area contributed by atoms with Gasteiger partial charge in [-0.15, -0.1) is 0 Å². The van der Waals surface area contributed by atoms with E-state index in [0.717, 1.165) is 0 Å². The van der Waals surface area contributed by atoms with Crippen molar-refractivity contribution < 1.29 is 9.53 Å². The summed E-state index contributed by atoms with van der Waals surface area (Å²) >= 11 is 0. The van der Waals surface area contributed by atoms with Crippen molar-refractivity contribution >= 4 is 12.0 Å². The molecular weight excluding hydrogens is 190 g/mol. The molecule has 0 fully saturated rings. The van der Waals surface area contributed by atoms with E-state index in [1.54, 1.807) is 37.3 Å². The minimum absolute atomic E-state index is 0.342. The molecule has 3 nitrogen and oxygen atoms in total. The Hall–Kier alpha value is -2.08. The van der Waals surface area contributed by atoms with Crippen LogP contribution >= 0.6 is 0 Å². The van der Waals surface area contributed by atoms with Crippen LogP contribution in [0.1, 0.15) is 22.8 Å². The molecule has 0 aliphatic heterocycles. The highest BCUT2D eigenvalue weighted by molar-refractivity contribution is 5.93. The fourth-order valence-corrected chi connectivity index (χ4v) is 1.16. The second-order valence-electron chi connectivity index (χ2n) is 2.77. The van der Waals surface area contributed by atoms with E-state index in [9.17, 15) is 4.79 Å². The third-order valence-electron chi connectivity index (χ3n) is 1.79. The molecule has 76 valence electrons. The third-order valence-corrected chi connectivity index (χ3v) is 1.79. The molecule has 1 aromatic carbocycles. The highest BCUT2D eigenvalue weighted by Crippen LogP contribution is 2.11. The van der Waals surface area contributed by atoms with Crippen molar-refractivity contribution in [2.45, 2.75) is 6.92 Å². The van der Waals surface area contributed by atoms with Crippen LogP contribution in [-0.2, 0) is 4.74 Å². The van der Waals surface area contributed by atoms with Gasteiger partial charge in [0.2, 0.25) is 0 Å². The van der Waals surface area contributed by atoms with Crippen LogP contribution in [0.5, 0.6) is 0 Å². The van der Waals surface area contributed by atoms with Crippen LogP contribution in [0.2, 0.25) is 0 Å². The van der Waals surface area contributed by atoms with Crippen LogP contribution in [0.4, 0.5) is 0 Å². The zero-order valence-corrected chi connectivity index (χ0v) is 8.43. The van der Waals surface area contributed by atoms with Gasteiger partial charge in [0.05, 0.1) is 18.2 Å². The molecule has 0 bridgehead atoms. The van der Waals surface area contributed by atoms with E-state index in [-0.39, 0.29) is 5.97 Å². The first-order valence-corrected chi connectivity index (χ1v) is 4.62. The summed E-state index contributed by atoms with van der Waals surface area (Å²) < 4.78 is 4.89. The Bertz CT molecular complexity index is 416. The SMILES string of the molecule is CCOC(=O)c1ccccc1C=CC#N. The molecule has 15 heavy (non-hydrogen) atoms. The first-order valence-electron chi connectivity index (χ1n) is 4.62. The van der Waals surface area contributed by atoms with E-state index < -0.39 is 0 Å². The lowest BCUT2D eigenvalue weighted by Crippen LogP contribution is -2.06. The smallest absolute Gasteiger partial charge is 0.338 e. The summed E-state index contributed by atoms with van der Waals surface area (Å²) in [5, 5.41) is 8.41. The van der Waals surface area contributed by atoms with Gasteiger partial charge < -0.3 is 4.74 Å². The average Bonchev–Trinajstić information content (AvgIpc) is 2.27. The van der Waals surface area contributed by atoms with Crippen molar-refractivity contribution in [3.8, 4) is 6.07 Å². The van der Waals surface area contributed by atoms with Gasteiger partial charge in [-0.2, -0.15) is 5.26 Å². The minimum Gasteiger partial charge on any atom is -0.462 e. The highest BCUT2D eigenvalue weighted by Gasteiger charge is 2.08. The molecule has 0 aromatic heterocycles. The molecule has 0 radical (unpaired) electrons. The fraction of sp³-hybridized carbons (Fsp3) is 0.167. The normalized spacial score (nSPS) is 9.87. The first kappa shape index (κ1) is 11.0. The number of carbonyl (C=O) groups excluding carboxylic acids is 1. The number of ether oxygens (including phenoxy) is 1. The lowest BCUT2D eigenvalue weighted by atomic mass is 10.1. The number of esters is 1. The zero-order chi connectivity index (χ0) is 11.1. The Labute approximate surface area is 88.6 Å². The van der Waals surface area contributed by atoms with Crippen molar-refractivity contribution in [1.29, 1.82) is 5.26 Å². The summed E-state index contributed by atoms with van der Waals surface area (Å²) in [6.07, 6.45) is 2.92. The van der Waals surface area contributed by atoms with Crippen LogP contribution in [0.15, 0.2) is 30.3 Å². The molecule has 0 saturated heterocycles. The van der Waals surface area contributed by atoms with Crippen molar-refractivity contribution in [2.24, 2.45) is 0 Å². The highest BCUT2D eigenvalue weighted by atomic mass is 16.5. The zero-order valence-electron chi connectivity index (χ0n) is 8.43. The van der Waals surface area contributed by atoms with Crippen LogP contribution in [0.3, 0.4) is 0 Å². The van der Waals surface area contributed by atoms with E-state index in [1.807, 2.05) is 6.07 Å². The Kier molecular flexibility index (Phi) is 4.11. The van der Waals surface area contributed by atoms with Gasteiger partial charge in [0, 0.05) is 6.08 Å². The van der Waals surface area contributed by atoms with Gasteiger partial charge >= 0.3 is 5.97 Å². The number of rotatable bonds is 3. The quantitative estimate of drug-likeness (QED) is 0.557. The van der Waals surface area contributed by atoms with Crippen LogP contribution in [0, 0.1) is 11.3 Å². The van der Waals surface area contributed by atoms with Gasteiger partial charge in [-0.25, -0.2) is 4.79 Å². The molecule has 0 unspecified atom stereocenters. The predicted octanol–water partition coefficient (Wildman–Crippen LogP) is 2.40. The monoisotopic (exact) mass is 201 g/mol. The molecule has 0 saturated carbocycles. The first-order chi connectivity index (χ1) is 7.29. The van der Waals surface area contributed by atoms with Gasteiger partial charge in [0.1, 0.15) is 0 Å². The largest absolute Gasteiger partial charge is 0.462 e. The molecule has 0 aliphatic rings. The molecule has 0 spiro atoms. The van der Waals surface area contributed by atoms with Crippen molar-refractivity contribution in [3.63, 3.8) is 0 Å². The molecule has 0 N–H and O–H groups in total. The van der Waals surface area contributed by atoms with E-state index in [1.165, 1.54) is 6.08 Å². The fourth-order valence-electron chi connectivity index (χ4n) is 1.16. The molecule has 0 atom stereocenters. The average molecular weight is 201 g/mol. The van der Waals surface area contributed by atoms with Crippen molar-refractivity contribution in [2.75, 3.05) is 6.61 Å². The Morgan fingerprint density at radius 1 is 1.53 bits per heavy atom.